The molecule has 0 aliphatic carbocycles. The highest BCUT2D eigenvalue weighted by atomic mass is 16.7. The van der Waals surface area contributed by atoms with Gasteiger partial charge in [0, 0.05) is 38.5 Å². The number of nitrogens with two attached hydrogens (primary N) is 7. The fraction of sp³-hybridized carbons (Fsp3) is 0.500. The minimum atomic E-state index is -1.51. The van der Waals surface area contributed by atoms with Gasteiger partial charge in [-0.3, -0.25) is 67.5 Å². The Morgan fingerprint density at radius 3 is 1.21 bits per heavy atom. The molecule has 2 aromatic rings. The van der Waals surface area contributed by atoms with E-state index in [0.29, 0.717) is 11.1 Å². The number of aliphatic imine (C=N–C) groups is 4. The van der Waals surface area contributed by atoms with Crippen LogP contribution >= 0.6 is 0 Å². The normalized spacial score (nSPS) is 13.2. The molecule has 4 amide bonds. The number of ketones is 8. The van der Waals surface area contributed by atoms with Crippen molar-refractivity contribution in [2.75, 3.05) is 26.2 Å². The third kappa shape index (κ3) is 34.6. The number of nitrogens with one attached hydrogen (secondary N) is 6. The number of guanidine groups is 4. The number of rotatable bonds is 46. The Kier molecular flexibility index (Phi) is 35.1. The van der Waals surface area contributed by atoms with Gasteiger partial charge in [-0.05, 0) is 82.3 Å². The number of Topliss-reactive ketones (excluding diaryl/α,β-unsaturated/α-hetero) is 8. The third-order valence-electron chi connectivity index (χ3n) is 13.2. The van der Waals surface area contributed by atoms with Gasteiger partial charge in [0.2, 0.25) is 23.6 Å². The zero-order chi connectivity index (χ0) is 68.0. The fourth-order valence-electron chi connectivity index (χ4n) is 8.83. The lowest BCUT2D eigenvalue weighted by Crippen LogP contribution is -2.48. The number of hydrogen-bond acceptors (Lipinski definition) is 21. The molecule has 0 spiro atoms. The van der Waals surface area contributed by atoms with E-state index in [2.05, 4.69) is 41.2 Å². The molecule has 496 valence electrons. The predicted molar refractivity (Wildman–Crippen MR) is 329 cm³/mol. The zero-order valence-corrected chi connectivity index (χ0v) is 50.3. The lowest BCUT2D eigenvalue weighted by atomic mass is 9.86. The lowest BCUT2D eigenvalue weighted by Gasteiger charge is -2.21. The van der Waals surface area contributed by atoms with Crippen LogP contribution in [0.4, 0.5) is 0 Å². The second-order valence-corrected chi connectivity index (χ2v) is 20.9. The standard InChI is InChI=1S/C56H81N19O16/c1-33(76)24-49(84)71-42(26-35-14-6-3-7-15-35)48(83)29-43(78)36(25-34-12-4-2-5-13-34)27-37(77)28-50(85)68-40(17-9-20-64-53(58)59)46(81)31-47(82)41(18-10-21-65-54(60)61)70-52(87)32-51(86)69-39(19-11-23-67-56(63)73-75(90)91)45(80)30-44(79)38(57)16-8-22-66-55(62)72-74(88)89/h2-7,12-15,36,38-42H,8-11,16-32,57H2,1H3,(H,68,85)(H,69,86)(H,70,87)(H,71,84)(H4,58,59,64)(H4,60,61,65)(H3,62,66,72)(H3,63,67,73). The predicted octanol–water partition coefficient (Wildman–Crippen LogP) is -3.48. The highest BCUT2D eigenvalue weighted by Gasteiger charge is 2.33. The molecule has 0 bridgehead atoms. The molecule has 0 fully saturated rings. The molecule has 2 rings (SSSR count). The molecule has 2 aromatic carbocycles. The smallest absolute Gasteiger partial charge is 0.251 e. The van der Waals surface area contributed by atoms with Crippen molar-refractivity contribution in [3.8, 4) is 0 Å². The third-order valence-corrected chi connectivity index (χ3v) is 13.2. The molecule has 0 aromatic heterocycles. The molecule has 35 nitrogen and oxygen atoms in total. The molecule has 0 aliphatic rings. The summed E-state index contributed by atoms with van der Waals surface area (Å²) < 4.78 is 0. The largest absolute Gasteiger partial charge is 0.370 e. The fourth-order valence-corrected chi connectivity index (χ4v) is 8.83. The summed E-state index contributed by atoms with van der Waals surface area (Å²) in [5.41, 5.74) is 43.2. The first-order valence-corrected chi connectivity index (χ1v) is 28.7. The quantitative estimate of drug-likeness (QED) is 0.00764. The molecule has 6 atom stereocenters. The summed E-state index contributed by atoms with van der Waals surface area (Å²) in [6.45, 7) is 0.803. The Balaban J connectivity index is 2.34. The van der Waals surface area contributed by atoms with Gasteiger partial charge in [-0.2, -0.15) is 0 Å². The number of amides is 4. The van der Waals surface area contributed by atoms with Crippen LogP contribution in [0.5, 0.6) is 0 Å². The van der Waals surface area contributed by atoms with E-state index in [0.717, 1.165) is 0 Å². The van der Waals surface area contributed by atoms with E-state index in [1.807, 2.05) is 0 Å². The van der Waals surface area contributed by atoms with Crippen molar-refractivity contribution in [1.82, 2.24) is 32.1 Å². The first-order chi connectivity index (χ1) is 43.0. The van der Waals surface area contributed by atoms with Crippen LogP contribution in [0.2, 0.25) is 0 Å². The molecular weight excluding hydrogens is 1190 g/mol. The number of hydrazine groups is 2. The van der Waals surface area contributed by atoms with E-state index in [4.69, 9.17) is 40.1 Å². The van der Waals surface area contributed by atoms with E-state index in [9.17, 15) is 77.8 Å². The Hall–Kier alpha value is -10.5. The van der Waals surface area contributed by atoms with E-state index in [-0.39, 0.29) is 102 Å². The molecule has 0 radical (unpaired) electrons. The maximum Gasteiger partial charge on any atom is 0.251 e. The van der Waals surface area contributed by atoms with Crippen LogP contribution in [0.1, 0.15) is 114 Å². The van der Waals surface area contributed by atoms with Gasteiger partial charge in [0.25, 0.3) is 11.9 Å². The Labute approximate surface area is 522 Å². The second kappa shape index (κ2) is 41.6. The van der Waals surface area contributed by atoms with Crippen LogP contribution in [-0.4, -0.2) is 160 Å². The van der Waals surface area contributed by atoms with Gasteiger partial charge in [-0.15, -0.1) is 0 Å². The van der Waals surface area contributed by atoms with Gasteiger partial charge in [0.1, 0.15) is 23.8 Å². The molecule has 0 aliphatic heterocycles. The number of hydrogen-bond donors (Lipinski definition) is 13. The van der Waals surface area contributed by atoms with Gasteiger partial charge >= 0.3 is 0 Å². The summed E-state index contributed by atoms with van der Waals surface area (Å²) in [4.78, 5) is 198. The Morgan fingerprint density at radius 2 is 0.791 bits per heavy atom. The molecule has 0 heterocycles. The molecule has 0 saturated heterocycles. The van der Waals surface area contributed by atoms with Crippen molar-refractivity contribution in [3.63, 3.8) is 0 Å². The minimum absolute atomic E-state index is 0.0105. The summed E-state index contributed by atoms with van der Waals surface area (Å²) in [6, 6.07) is 10.2. The monoisotopic (exact) mass is 1280 g/mol. The summed E-state index contributed by atoms with van der Waals surface area (Å²) >= 11 is 0. The van der Waals surface area contributed by atoms with E-state index >= 15 is 0 Å². The maximum absolute atomic E-state index is 14.1. The molecular formula is C56H81N19O16. The van der Waals surface area contributed by atoms with Crippen LogP contribution in [-0.2, 0) is 70.4 Å². The summed E-state index contributed by atoms with van der Waals surface area (Å²) in [5, 5.41) is 29.2. The Morgan fingerprint density at radius 1 is 0.440 bits per heavy atom. The van der Waals surface area contributed by atoms with E-state index in [1.54, 1.807) is 71.5 Å². The number of carbonyl (C=O) groups is 12. The zero-order valence-electron chi connectivity index (χ0n) is 50.3. The molecule has 20 N–H and O–H groups in total. The maximum atomic E-state index is 14.1. The van der Waals surface area contributed by atoms with Crippen molar-refractivity contribution in [2.24, 2.45) is 66.0 Å². The average Bonchev–Trinajstić information content (AvgIpc) is 3.20. The topological polar surface area (TPSA) is 595 Å². The first kappa shape index (κ1) is 76.6. The van der Waals surface area contributed by atoms with Crippen molar-refractivity contribution >= 4 is 93.7 Å². The van der Waals surface area contributed by atoms with Gasteiger partial charge in [0.15, 0.2) is 50.9 Å². The minimum Gasteiger partial charge on any atom is -0.370 e. The second-order valence-electron chi connectivity index (χ2n) is 20.9. The summed E-state index contributed by atoms with van der Waals surface area (Å²) in [5.74, 6) is -12.8. The van der Waals surface area contributed by atoms with Crippen LogP contribution in [0.25, 0.3) is 0 Å². The molecule has 6 unspecified atom stereocenters. The van der Waals surface area contributed by atoms with Crippen LogP contribution in [0.3, 0.4) is 0 Å². The highest BCUT2D eigenvalue weighted by Crippen LogP contribution is 2.19. The van der Waals surface area contributed by atoms with Gasteiger partial charge < -0.3 is 61.4 Å². The van der Waals surface area contributed by atoms with Crippen molar-refractivity contribution < 1.29 is 67.6 Å². The van der Waals surface area contributed by atoms with Crippen molar-refractivity contribution in [3.05, 3.63) is 92.0 Å². The summed E-state index contributed by atoms with van der Waals surface area (Å²) in [7, 11) is 0. The van der Waals surface area contributed by atoms with E-state index in [1.165, 1.54) is 6.92 Å². The van der Waals surface area contributed by atoms with Crippen LogP contribution < -0.4 is 72.3 Å². The van der Waals surface area contributed by atoms with Gasteiger partial charge in [0.05, 0.1) is 62.3 Å². The average molecular weight is 1280 g/mol. The lowest BCUT2D eigenvalue weighted by molar-refractivity contribution is -0.525. The Bertz CT molecular complexity index is 3010. The number of nitrogens with zero attached hydrogens (tertiary/aromatic N) is 6. The number of nitro groups is 2. The van der Waals surface area contributed by atoms with Crippen LogP contribution in [0.15, 0.2) is 80.6 Å². The highest BCUT2D eigenvalue weighted by molar-refractivity contribution is 6.09. The van der Waals surface area contributed by atoms with Crippen molar-refractivity contribution in [2.45, 2.75) is 146 Å². The first-order valence-electron chi connectivity index (χ1n) is 28.7. The number of benzene rings is 2. The summed E-state index contributed by atoms with van der Waals surface area (Å²) in [6.07, 6.45) is -6.01. The molecule has 35 heteroatoms. The van der Waals surface area contributed by atoms with Crippen LogP contribution in [0, 0.1) is 26.1 Å². The van der Waals surface area contributed by atoms with Gasteiger partial charge in [-0.1, -0.05) is 71.5 Å². The van der Waals surface area contributed by atoms with Crippen molar-refractivity contribution in [1.29, 1.82) is 0 Å². The number of carbonyl (C=O) groups excluding carboxylic acids is 12. The molecule has 91 heavy (non-hydrogen) atoms. The van der Waals surface area contributed by atoms with Gasteiger partial charge in [-0.25, -0.2) is 30.2 Å². The SMILES string of the molecule is CC(=O)CC(=O)NC(Cc1ccccc1)C(=O)CC(=O)C(CC(=O)CC(=O)NC(CCCN=C(N)N)C(=O)CC(=O)C(CCCN=C(N)N)NC(=O)CC(=O)NC(CCCN=C(N)N[N+](=O)[O-])C(=O)CC(=O)C(N)CCCN=C(N)N[N+](=O)[O-])Cc1ccccc1. The van der Waals surface area contributed by atoms with E-state index < -0.39 is 173 Å². The molecule has 0 saturated carbocycles.